The van der Waals surface area contributed by atoms with Crippen molar-refractivity contribution in [2.75, 3.05) is 7.11 Å². The summed E-state index contributed by atoms with van der Waals surface area (Å²) < 4.78 is 6.86. The molecule has 0 spiro atoms. The molecule has 1 aromatic heterocycles. The number of nitrogens with zero attached hydrogens (tertiary/aromatic N) is 2. The third-order valence-electron chi connectivity index (χ3n) is 3.34. The molecule has 3 rings (SSSR count). The zero-order valence-corrected chi connectivity index (χ0v) is 11.5. The Morgan fingerprint density at radius 2 is 2.00 bits per heavy atom. The van der Waals surface area contributed by atoms with E-state index in [1.54, 1.807) is 23.9 Å². The maximum absolute atomic E-state index is 11.4. The fourth-order valence-electron chi connectivity index (χ4n) is 2.32. The molecule has 0 aliphatic rings. The zero-order chi connectivity index (χ0) is 14.8. The van der Waals surface area contributed by atoms with Gasteiger partial charge in [0.15, 0.2) is 5.69 Å². The Hall–Kier alpha value is -2.82. The molecular weight excluding hydrogens is 268 g/mol. The van der Waals surface area contributed by atoms with Gasteiger partial charge in [-0.05, 0) is 23.8 Å². The fourth-order valence-corrected chi connectivity index (χ4v) is 2.32. The normalized spacial score (nSPS) is 10.7. The summed E-state index contributed by atoms with van der Waals surface area (Å²) in [6.45, 7) is 0.525. The summed E-state index contributed by atoms with van der Waals surface area (Å²) in [5.41, 5.74) is 1.88. The lowest BCUT2D eigenvalue weighted by Crippen LogP contribution is -2.04. The maximum atomic E-state index is 11.4. The molecule has 5 nitrogen and oxygen atoms in total. The van der Waals surface area contributed by atoms with Gasteiger partial charge in [0.05, 0.1) is 19.2 Å². The lowest BCUT2D eigenvalue weighted by atomic mass is 10.2. The fraction of sp³-hybridized carbons (Fsp3) is 0.125. The molecule has 0 radical (unpaired) electrons. The van der Waals surface area contributed by atoms with E-state index in [1.165, 1.54) is 0 Å². The molecule has 0 bridgehead atoms. The lowest BCUT2D eigenvalue weighted by molar-refractivity contribution is 0.0691. The molecule has 0 fully saturated rings. The van der Waals surface area contributed by atoms with Gasteiger partial charge in [-0.2, -0.15) is 5.10 Å². The minimum atomic E-state index is -1.04. The highest BCUT2D eigenvalue weighted by Gasteiger charge is 2.17. The molecule has 1 N–H and O–H groups in total. The summed E-state index contributed by atoms with van der Waals surface area (Å²) in [7, 11) is 1.55. The number of hydrogen-bond acceptors (Lipinski definition) is 3. The second-order valence-electron chi connectivity index (χ2n) is 4.68. The monoisotopic (exact) mass is 282 g/mol. The zero-order valence-electron chi connectivity index (χ0n) is 11.5. The Balaban J connectivity index is 2.13. The molecule has 0 amide bonds. The van der Waals surface area contributed by atoms with Crippen LogP contribution in [0.1, 0.15) is 16.1 Å². The SMILES string of the molecule is COc1ccc2c(c1)c(C(=O)O)nn2Cc1ccccc1. The van der Waals surface area contributed by atoms with Gasteiger partial charge >= 0.3 is 5.97 Å². The number of carboxylic acids is 1. The van der Waals surface area contributed by atoms with E-state index in [4.69, 9.17) is 4.74 Å². The summed E-state index contributed by atoms with van der Waals surface area (Å²) in [6, 6.07) is 15.1. The first-order valence-electron chi connectivity index (χ1n) is 6.51. The highest BCUT2D eigenvalue weighted by molar-refractivity contribution is 6.01. The van der Waals surface area contributed by atoms with Crippen molar-refractivity contribution in [2.24, 2.45) is 0 Å². The van der Waals surface area contributed by atoms with Crippen molar-refractivity contribution in [3.05, 3.63) is 59.8 Å². The van der Waals surface area contributed by atoms with E-state index in [2.05, 4.69) is 5.10 Å². The molecule has 0 atom stereocenters. The first kappa shape index (κ1) is 13.2. The van der Waals surface area contributed by atoms with E-state index in [9.17, 15) is 9.90 Å². The first-order chi connectivity index (χ1) is 10.2. The van der Waals surface area contributed by atoms with Gasteiger partial charge in [0, 0.05) is 5.39 Å². The minimum absolute atomic E-state index is 0.0415. The highest BCUT2D eigenvalue weighted by Crippen LogP contribution is 2.24. The van der Waals surface area contributed by atoms with Crippen molar-refractivity contribution in [3.8, 4) is 5.75 Å². The Kier molecular flexibility index (Phi) is 3.31. The van der Waals surface area contributed by atoms with Crippen LogP contribution in [0.4, 0.5) is 0 Å². The van der Waals surface area contributed by atoms with Crippen LogP contribution in [0, 0.1) is 0 Å². The van der Waals surface area contributed by atoms with E-state index < -0.39 is 5.97 Å². The molecule has 0 saturated heterocycles. The molecule has 0 aliphatic carbocycles. The van der Waals surface area contributed by atoms with Crippen molar-refractivity contribution in [1.29, 1.82) is 0 Å². The van der Waals surface area contributed by atoms with E-state index in [0.29, 0.717) is 17.7 Å². The van der Waals surface area contributed by atoms with Gasteiger partial charge in [-0.1, -0.05) is 30.3 Å². The number of carboxylic acid groups (broad SMARTS) is 1. The summed E-state index contributed by atoms with van der Waals surface area (Å²) in [5, 5.41) is 14.1. The molecule has 21 heavy (non-hydrogen) atoms. The number of methoxy groups -OCH3 is 1. The van der Waals surface area contributed by atoms with Gasteiger partial charge < -0.3 is 9.84 Å². The Morgan fingerprint density at radius 3 is 2.67 bits per heavy atom. The van der Waals surface area contributed by atoms with Gasteiger partial charge in [0.25, 0.3) is 0 Å². The molecule has 3 aromatic rings. The lowest BCUT2D eigenvalue weighted by Gasteiger charge is -2.04. The predicted octanol–water partition coefficient (Wildman–Crippen LogP) is 2.79. The van der Waals surface area contributed by atoms with E-state index >= 15 is 0 Å². The van der Waals surface area contributed by atoms with Gasteiger partial charge in [-0.15, -0.1) is 0 Å². The van der Waals surface area contributed by atoms with E-state index in [0.717, 1.165) is 11.1 Å². The molecule has 0 saturated carbocycles. The number of rotatable bonds is 4. The average Bonchev–Trinajstić information content (AvgIpc) is 2.86. The van der Waals surface area contributed by atoms with Crippen LogP contribution in [-0.4, -0.2) is 28.0 Å². The molecule has 0 unspecified atom stereocenters. The molecular formula is C16H14N2O3. The van der Waals surface area contributed by atoms with Crippen LogP contribution in [0.5, 0.6) is 5.75 Å². The standard InChI is InChI=1S/C16H14N2O3/c1-21-12-7-8-14-13(9-12)15(16(19)20)17-18(14)10-11-5-3-2-4-6-11/h2-9H,10H2,1H3,(H,19,20). The van der Waals surface area contributed by atoms with Crippen molar-refractivity contribution >= 4 is 16.9 Å². The van der Waals surface area contributed by atoms with Crippen molar-refractivity contribution < 1.29 is 14.6 Å². The van der Waals surface area contributed by atoms with Crippen LogP contribution >= 0.6 is 0 Å². The molecule has 1 heterocycles. The minimum Gasteiger partial charge on any atom is -0.497 e. The van der Waals surface area contributed by atoms with Crippen molar-refractivity contribution in [1.82, 2.24) is 9.78 Å². The Bertz CT molecular complexity index is 794. The maximum Gasteiger partial charge on any atom is 0.357 e. The second-order valence-corrected chi connectivity index (χ2v) is 4.68. The van der Waals surface area contributed by atoms with Crippen LogP contribution in [0.25, 0.3) is 10.9 Å². The number of hydrogen-bond donors (Lipinski definition) is 1. The van der Waals surface area contributed by atoms with Gasteiger partial charge in [0.1, 0.15) is 5.75 Å². The van der Waals surface area contributed by atoms with Crippen LogP contribution in [0.3, 0.4) is 0 Å². The summed E-state index contributed by atoms with van der Waals surface area (Å²) in [6.07, 6.45) is 0. The smallest absolute Gasteiger partial charge is 0.357 e. The first-order valence-corrected chi connectivity index (χ1v) is 6.51. The third kappa shape index (κ3) is 2.45. The topological polar surface area (TPSA) is 64.3 Å². The number of carbonyl (C=O) groups is 1. The number of aromatic carboxylic acids is 1. The number of aromatic nitrogens is 2. The number of ether oxygens (including phenoxy) is 1. The van der Waals surface area contributed by atoms with Crippen LogP contribution in [-0.2, 0) is 6.54 Å². The highest BCUT2D eigenvalue weighted by atomic mass is 16.5. The Morgan fingerprint density at radius 1 is 1.24 bits per heavy atom. The second kappa shape index (κ2) is 5.28. The molecule has 5 heteroatoms. The predicted molar refractivity (Wildman–Crippen MR) is 78.8 cm³/mol. The molecule has 0 aliphatic heterocycles. The number of fused-ring (bicyclic) bond motifs is 1. The average molecular weight is 282 g/mol. The largest absolute Gasteiger partial charge is 0.497 e. The molecule has 2 aromatic carbocycles. The summed E-state index contributed by atoms with van der Waals surface area (Å²) in [5.74, 6) is -0.427. The van der Waals surface area contributed by atoms with E-state index in [1.807, 2.05) is 36.4 Å². The van der Waals surface area contributed by atoms with Crippen LogP contribution in [0.2, 0.25) is 0 Å². The summed E-state index contributed by atoms with van der Waals surface area (Å²) >= 11 is 0. The summed E-state index contributed by atoms with van der Waals surface area (Å²) in [4.78, 5) is 11.4. The van der Waals surface area contributed by atoms with Gasteiger partial charge in [0.2, 0.25) is 0 Å². The van der Waals surface area contributed by atoms with E-state index in [-0.39, 0.29) is 5.69 Å². The van der Waals surface area contributed by atoms with Crippen LogP contribution < -0.4 is 4.74 Å². The van der Waals surface area contributed by atoms with Crippen LogP contribution in [0.15, 0.2) is 48.5 Å². The van der Waals surface area contributed by atoms with Gasteiger partial charge in [-0.25, -0.2) is 4.79 Å². The van der Waals surface area contributed by atoms with Crippen molar-refractivity contribution in [3.63, 3.8) is 0 Å². The molecule has 106 valence electrons. The Labute approximate surface area is 121 Å². The van der Waals surface area contributed by atoms with Crippen molar-refractivity contribution in [2.45, 2.75) is 6.54 Å². The van der Waals surface area contributed by atoms with Gasteiger partial charge in [-0.3, -0.25) is 4.68 Å². The third-order valence-corrected chi connectivity index (χ3v) is 3.34. The number of benzene rings is 2. The quantitative estimate of drug-likeness (QED) is 0.799.